The molecule has 178 valence electrons. The van der Waals surface area contributed by atoms with Crippen molar-refractivity contribution in [2.75, 3.05) is 20.1 Å². The van der Waals surface area contributed by atoms with E-state index in [4.69, 9.17) is 0 Å². The topological polar surface area (TPSA) is 32.3 Å². The van der Waals surface area contributed by atoms with Crippen LogP contribution in [-0.4, -0.2) is 30.9 Å². The number of hydrogen-bond acceptors (Lipinski definition) is 2. The second kappa shape index (κ2) is 9.54. The number of hydrogen-bond donors (Lipinski definition) is 1. The molecule has 3 rings (SSSR count). The molecule has 0 spiro atoms. The van der Waals surface area contributed by atoms with Gasteiger partial charge in [0.1, 0.15) is 5.82 Å². The van der Waals surface area contributed by atoms with Gasteiger partial charge in [-0.1, -0.05) is 17.7 Å². The van der Waals surface area contributed by atoms with E-state index in [0.717, 1.165) is 10.5 Å². The molecule has 1 N–H and O–H groups in total. The lowest BCUT2D eigenvalue weighted by Crippen LogP contribution is -2.27. The van der Waals surface area contributed by atoms with E-state index in [-0.39, 0.29) is 18.1 Å². The van der Waals surface area contributed by atoms with Crippen LogP contribution in [0.15, 0.2) is 48.0 Å². The molecule has 1 heterocycles. The van der Waals surface area contributed by atoms with Crippen LogP contribution in [0.25, 0.3) is 5.57 Å². The number of nitrogens with one attached hydrogen (secondary N) is 1. The lowest BCUT2D eigenvalue weighted by molar-refractivity contribution is -0.143. The van der Waals surface area contributed by atoms with Gasteiger partial charge in [0.25, 0.3) is 0 Å². The molecule has 33 heavy (non-hydrogen) atoms. The molecule has 1 amide bonds. The van der Waals surface area contributed by atoms with Crippen molar-refractivity contribution in [3.63, 3.8) is 0 Å². The second-order valence-corrected chi connectivity index (χ2v) is 7.86. The molecule has 3 nitrogen and oxygen atoms in total. The number of halogens is 7. The van der Waals surface area contributed by atoms with E-state index in [2.05, 4.69) is 5.32 Å². The zero-order chi connectivity index (χ0) is 24.4. The number of amides is 1. The molecule has 1 aliphatic rings. The van der Waals surface area contributed by atoms with Gasteiger partial charge in [-0.05, 0) is 60.0 Å². The van der Waals surface area contributed by atoms with E-state index in [1.807, 2.05) is 0 Å². The number of carbonyl (C=O) groups is 1. The Hall–Kier alpha value is -2.88. The molecule has 0 bridgehead atoms. The fourth-order valence-electron chi connectivity index (χ4n) is 3.67. The average molecular weight is 474 g/mol. The van der Waals surface area contributed by atoms with Crippen LogP contribution in [0.5, 0.6) is 0 Å². The van der Waals surface area contributed by atoms with Gasteiger partial charge in [-0.3, -0.25) is 4.79 Å². The Labute approximate surface area is 185 Å². The smallest absolute Gasteiger partial charge is 0.341 e. The predicted octanol–water partition coefficient (Wildman–Crippen LogP) is 5.66. The lowest BCUT2D eigenvalue weighted by atomic mass is 9.95. The van der Waals surface area contributed by atoms with Gasteiger partial charge < -0.3 is 10.2 Å². The van der Waals surface area contributed by atoms with E-state index in [9.17, 15) is 35.5 Å². The molecule has 2 aromatic rings. The highest BCUT2D eigenvalue weighted by Gasteiger charge is 2.37. The van der Waals surface area contributed by atoms with Crippen LogP contribution in [0.3, 0.4) is 0 Å². The first kappa shape index (κ1) is 24.8. The molecule has 0 radical (unpaired) electrons. The first-order chi connectivity index (χ1) is 15.3. The van der Waals surface area contributed by atoms with Gasteiger partial charge in [-0.15, -0.1) is 0 Å². The average Bonchev–Trinajstić information content (AvgIpc) is 3.25. The number of carbonyl (C=O) groups excluding carboxylic acids is 1. The summed E-state index contributed by atoms with van der Waals surface area (Å²) in [4.78, 5) is 14.0. The first-order valence-corrected chi connectivity index (χ1v) is 10.0. The molecule has 1 aliphatic heterocycles. The summed E-state index contributed by atoms with van der Waals surface area (Å²) in [5.74, 6) is -0.930. The summed E-state index contributed by atoms with van der Waals surface area (Å²) in [6.45, 7) is 0.802. The zero-order valence-corrected chi connectivity index (χ0v) is 17.6. The highest BCUT2D eigenvalue weighted by molar-refractivity contribution is 5.89. The number of alkyl halides is 6. The zero-order valence-electron chi connectivity index (χ0n) is 17.6. The summed E-state index contributed by atoms with van der Waals surface area (Å²) in [6.07, 6.45) is -9.38. The van der Waals surface area contributed by atoms with Crippen LogP contribution >= 0.6 is 0 Å². The summed E-state index contributed by atoms with van der Waals surface area (Å²) in [5, 5.41) is 3.15. The molecule has 0 atom stereocenters. The Kier molecular flexibility index (Phi) is 7.16. The molecule has 0 aliphatic carbocycles. The summed E-state index contributed by atoms with van der Waals surface area (Å²) < 4.78 is 92.0. The number of rotatable bonds is 5. The van der Waals surface area contributed by atoms with Crippen LogP contribution in [0, 0.1) is 5.82 Å². The Morgan fingerprint density at radius 1 is 0.970 bits per heavy atom. The summed E-state index contributed by atoms with van der Waals surface area (Å²) in [5.41, 5.74) is -0.904. The van der Waals surface area contributed by atoms with Crippen molar-refractivity contribution < 1.29 is 35.5 Å². The van der Waals surface area contributed by atoms with Gasteiger partial charge in [-0.25, -0.2) is 4.39 Å². The van der Waals surface area contributed by atoms with Crippen LogP contribution in [-0.2, 0) is 23.7 Å². The molecular weight excluding hydrogens is 453 g/mol. The van der Waals surface area contributed by atoms with Gasteiger partial charge in [-0.2, -0.15) is 26.3 Å². The molecule has 10 heteroatoms. The van der Waals surface area contributed by atoms with Crippen molar-refractivity contribution in [2.24, 2.45) is 0 Å². The monoisotopic (exact) mass is 474 g/mol. The molecular formula is C23H21F7N2O. The normalized spacial score (nSPS) is 16.1. The van der Waals surface area contributed by atoms with Gasteiger partial charge >= 0.3 is 12.4 Å². The predicted molar refractivity (Wildman–Crippen MR) is 108 cm³/mol. The van der Waals surface area contributed by atoms with Crippen molar-refractivity contribution in [2.45, 2.75) is 31.7 Å². The standard InChI is InChI=1S/C23H21F7N2O/c1-32(13-14-8-17(22(25,26)27)10-18(9-14)23(28,29)30)21(33)11-20(16-6-7-31-12-16)15-2-4-19(24)5-3-15/h2-5,8-10,31H,6-7,11-13H2,1H3. The van der Waals surface area contributed by atoms with Crippen LogP contribution in [0.1, 0.15) is 35.1 Å². The first-order valence-electron chi connectivity index (χ1n) is 10.0. The molecule has 1 fully saturated rings. The molecule has 2 aromatic carbocycles. The van der Waals surface area contributed by atoms with E-state index in [1.165, 1.54) is 31.3 Å². The summed E-state index contributed by atoms with van der Waals surface area (Å²) >= 11 is 0. The Morgan fingerprint density at radius 2 is 1.55 bits per heavy atom. The van der Waals surface area contributed by atoms with E-state index >= 15 is 0 Å². The fraction of sp³-hybridized carbons (Fsp3) is 0.348. The van der Waals surface area contributed by atoms with Crippen molar-refractivity contribution in [3.05, 3.63) is 76.1 Å². The summed E-state index contributed by atoms with van der Waals surface area (Å²) in [6, 6.07) is 6.85. The van der Waals surface area contributed by atoms with Crippen molar-refractivity contribution in [3.8, 4) is 0 Å². The Morgan fingerprint density at radius 3 is 2.03 bits per heavy atom. The van der Waals surface area contributed by atoms with Crippen LogP contribution < -0.4 is 5.32 Å². The minimum atomic E-state index is -4.96. The highest BCUT2D eigenvalue weighted by Crippen LogP contribution is 2.36. The molecule has 1 saturated heterocycles. The Balaban J connectivity index is 1.85. The maximum atomic E-state index is 13.3. The third kappa shape index (κ3) is 6.34. The third-order valence-electron chi connectivity index (χ3n) is 5.38. The van der Waals surface area contributed by atoms with E-state index < -0.39 is 41.7 Å². The van der Waals surface area contributed by atoms with E-state index in [0.29, 0.717) is 42.8 Å². The fourth-order valence-corrected chi connectivity index (χ4v) is 3.67. The SMILES string of the molecule is CN(Cc1cc(C(F)(F)F)cc(C(F)(F)F)c1)C(=O)CC(=C1CCNC1)c1ccc(F)cc1. The molecule has 0 saturated carbocycles. The van der Waals surface area contributed by atoms with Crippen LogP contribution in [0.2, 0.25) is 0 Å². The maximum Gasteiger partial charge on any atom is 0.416 e. The quantitative estimate of drug-likeness (QED) is 0.568. The molecule has 0 unspecified atom stereocenters. The minimum absolute atomic E-state index is 0.0511. The van der Waals surface area contributed by atoms with Crippen LogP contribution in [0.4, 0.5) is 30.7 Å². The van der Waals surface area contributed by atoms with Crippen molar-refractivity contribution >= 4 is 11.5 Å². The summed E-state index contributed by atoms with van der Waals surface area (Å²) in [7, 11) is 1.32. The molecule has 0 aromatic heterocycles. The maximum absolute atomic E-state index is 13.3. The van der Waals surface area contributed by atoms with Gasteiger partial charge in [0.2, 0.25) is 5.91 Å². The Bertz CT molecular complexity index is 1000. The van der Waals surface area contributed by atoms with Gasteiger partial charge in [0.05, 0.1) is 17.5 Å². The largest absolute Gasteiger partial charge is 0.416 e. The van der Waals surface area contributed by atoms with E-state index in [1.54, 1.807) is 0 Å². The third-order valence-corrected chi connectivity index (χ3v) is 5.38. The number of nitrogens with zero attached hydrogens (tertiary/aromatic N) is 1. The van der Waals surface area contributed by atoms with Gasteiger partial charge in [0, 0.05) is 20.1 Å². The minimum Gasteiger partial charge on any atom is -0.341 e. The lowest BCUT2D eigenvalue weighted by Gasteiger charge is -2.21. The second-order valence-electron chi connectivity index (χ2n) is 7.86. The van der Waals surface area contributed by atoms with Crippen molar-refractivity contribution in [1.29, 1.82) is 0 Å². The van der Waals surface area contributed by atoms with Gasteiger partial charge in [0.15, 0.2) is 0 Å². The highest BCUT2D eigenvalue weighted by atomic mass is 19.4. The van der Waals surface area contributed by atoms with Crippen molar-refractivity contribution in [1.82, 2.24) is 10.2 Å². The number of benzene rings is 2.